The molecule has 6 aliphatic rings. The molecule has 4 aromatic rings. The molecule has 2 aliphatic carbocycles. The van der Waals surface area contributed by atoms with Crippen molar-refractivity contribution < 1.29 is 46.8 Å². The van der Waals surface area contributed by atoms with E-state index in [2.05, 4.69) is 57.2 Å². The summed E-state index contributed by atoms with van der Waals surface area (Å²) in [4.78, 5) is 58.2. The lowest BCUT2D eigenvalue weighted by Crippen LogP contribution is -2.61. The van der Waals surface area contributed by atoms with Crippen molar-refractivity contribution in [1.29, 1.82) is 0 Å². The number of hydrazine groups is 1. The summed E-state index contributed by atoms with van der Waals surface area (Å²) >= 11 is 1.18. The number of hydrogen-bond acceptors (Lipinski definition) is 14. The van der Waals surface area contributed by atoms with Crippen LogP contribution in [-0.2, 0) is 51.0 Å². The molecule has 16 nitrogen and oxygen atoms in total. The summed E-state index contributed by atoms with van der Waals surface area (Å²) in [6, 6.07) is 6.90. The molecule has 4 aliphatic heterocycles. The first-order valence-electron chi connectivity index (χ1n) is 26.9. The normalized spacial score (nSPS) is 26.7. The van der Waals surface area contributed by atoms with Crippen LogP contribution >= 0.6 is 11.3 Å². The van der Waals surface area contributed by atoms with Crippen LogP contribution in [0, 0.1) is 23.2 Å². The number of rotatable bonds is 14. The van der Waals surface area contributed by atoms with Crippen LogP contribution in [0.2, 0.25) is 0 Å². The number of hydrogen-bond donors (Lipinski definition) is 2. The van der Waals surface area contributed by atoms with Gasteiger partial charge in [0.2, 0.25) is 5.91 Å². The number of fused-ring (bicyclic) bond motifs is 6. The maximum atomic E-state index is 14.8. The third-order valence-electron chi connectivity index (χ3n) is 16.3. The molecular weight excluding hydrogens is 971 g/mol. The van der Waals surface area contributed by atoms with Gasteiger partial charge in [0.1, 0.15) is 29.8 Å². The van der Waals surface area contributed by atoms with Gasteiger partial charge in [-0.3, -0.25) is 29.3 Å². The number of thiazole rings is 1. The highest BCUT2D eigenvalue weighted by Gasteiger charge is 2.50. The number of nitrogens with one attached hydrogen (secondary N) is 2. The minimum atomic E-state index is -2.86. The fourth-order valence-corrected chi connectivity index (χ4v) is 12.5. The number of halogens is 2. The zero-order valence-corrected chi connectivity index (χ0v) is 44.6. The Kier molecular flexibility index (Phi) is 16.1. The van der Waals surface area contributed by atoms with Crippen LogP contribution in [0.4, 0.5) is 14.5 Å². The van der Waals surface area contributed by atoms with Gasteiger partial charge in [-0.05, 0) is 93.9 Å². The van der Waals surface area contributed by atoms with Gasteiger partial charge in [0.05, 0.1) is 54.4 Å². The number of pyridine rings is 1. The SMILES string of the molecule is CO[C@@H](C)c1ncc(N2CCCN(C3CC3)CC2)cc1-c1c2c3cc(ccc3n1CCOC1CCOCC1)-c1csc(n1)[C@@H](OCC(F)F)[C@H](NC(=O)C1[C@@H](C)[C@H]1C)C(=O)N1CCC[C@H](N1)C(=O)OCC(C)(C)C2. The second-order valence-electron chi connectivity index (χ2n) is 22.2. The highest BCUT2D eigenvalue weighted by molar-refractivity contribution is 7.10. The minimum absolute atomic E-state index is 0.0664. The second-order valence-corrected chi connectivity index (χ2v) is 23.1. The highest BCUT2D eigenvalue weighted by atomic mass is 32.1. The van der Waals surface area contributed by atoms with Crippen molar-refractivity contribution in [2.45, 2.75) is 135 Å². The van der Waals surface area contributed by atoms with Crippen LogP contribution in [0.1, 0.15) is 108 Å². The highest BCUT2D eigenvalue weighted by Crippen LogP contribution is 2.47. The van der Waals surface area contributed by atoms with Gasteiger partial charge in [0.25, 0.3) is 12.3 Å². The summed E-state index contributed by atoms with van der Waals surface area (Å²) in [5, 5.41) is 7.28. The number of methoxy groups -OCH3 is 1. The summed E-state index contributed by atoms with van der Waals surface area (Å²) in [6.07, 6.45) is 4.08. The van der Waals surface area contributed by atoms with E-state index in [1.54, 1.807) is 7.11 Å². The second kappa shape index (κ2) is 22.5. The number of nitrogens with zero attached hydrogens (tertiary/aromatic N) is 6. The summed E-state index contributed by atoms with van der Waals surface area (Å²) in [5.74, 6) is -1.70. The predicted molar refractivity (Wildman–Crippen MR) is 278 cm³/mol. The van der Waals surface area contributed by atoms with Crippen LogP contribution in [0.25, 0.3) is 33.4 Å². The lowest BCUT2D eigenvalue weighted by atomic mass is 9.84. The number of anilines is 1. The molecule has 2 N–H and O–H groups in total. The van der Waals surface area contributed by atoms with Crippen molar-refractivity contribution in [3.05, 3.63) is 52.1 Å². The molecule has 3 saturated heterocycles. The first kappa shape index (κ1) is 52.8. The van der Waals surface area contributed by atoms with Crippen LogP contribution in [0.5, 0.6) is 0 Å². The monoisotopic (exact) mass is 1040 g/mol. The lowest BCUT2D eigenvalue weighted by Gasteiger charge is -2.37. The maximum absolute atomic E-state index is 14.8. The number of cyclic esters (lactones) is 1. The summed E-state index contributed by atoms with van der Waals surface area (Å²) in [6.45, 7) is 15.6. The van der Waals surface area contributed by atoms with Crippen LogP contribution in [0.3, 0.4) is 0 Å². The van der Waals surface area contributed by atoms with Gasteiger partial charge in [0.15, 0.2) is 0 Å². The van der Waals surface area contributed by atoms with Crippen LogP contribution in [0.15, 0.2) is 35.8 Å². The van der Waals surface area contributed by atoms with Gasteiger partial charge in [-0.25, -0.2) is 19.2 Å². The van der Waals surface area contributed by atoms with Gasteiger partial charge >= 0.3 is 5.97 Å². The van der Waals surface area contributed by atoms with E-state index in [9.17, 15) is 23.2 Å². The van der Waals surface area contributed by atoms with Gasteiger partial charge < -0.3 is 38.5 Å². The van der Waals surface area contributed by atoms with E-state index in [0.717, 1.165) is 90.1 Å². The summed E-state index contributed by atoms with van der Waals surface area (Å²) < 4.78 is 61.2. The number of alkyl halides is 2. The molecule has 7 heterocycles. The van der Waals surface area contributed by atoms with Crippen molar-refractivity contribution in [1.82, 2.24) is 35.2 Å². The molecule has 2 saturated carbocycles. The van der Waals surface area contributed by atoms with E-state index < -0.39 is 48.5 Å². The quantitative estimate of drug-likeness (QED) is 0.118. The Morgan fingerprint density at radius 3 is 2.54 bits per heavy atom. The van der Waals surface area contributed by atoms with Crippen molar-refractivity contribution in [3.63, 3.8) is 0 Å². The minimum Gasteiger partial charge on any atom is -0.464 e. The largest absolute Gasteiger partial charge is 0.464 e. The van der Waals surface area contributed by atoms with Crippen LogP contribution < -0.4 is 15.6 Å². The molecular formula is C55H74F2N8O8S. The molecule has 0 radical (unpaired) electrons. The molecule has 2 amide bonds. The number of carbonyl (C=O) groups excluding carboxylic acids is 3. The van der Waals surface area contributed by atoms with E-state index in [1.807, 2.05) is 38.4 Å². The van der Waals surface area contributed by atoms with Gasteiger partial charge in [-0.2, -0.15) is 0 Å². The topological polar surface area (TPSA) is 162 Å². The molecule has 10 rings (SSSR count). The first-order valence-corrected chi connectivity index (χ1v) is 27.8. The van der Waals surface area contributed by atoms with Crippen molar-refractivity contribution in [2.75, 3.05) is 77.8 Å². The van der Waals surface area contributed by atoms with Crippen molar-refractivity contribution in [3.8, 4) is 22.5 Å². The van der Waals surface area contributed by atoms with E-state index in [4.69, 9.17) is 33.7 Å². The molecule has 1 unspecified atom stereocenters. The smallest absolute Gasteiger partial charge is 0.324 e. The van der Waals surface area contributed by atoms with Gasteiger partial charge in [-0.15, -0.1) is 11.3 Å². The molecule has 1 aromatic carbocycles. The summed E-state index contributed by atoms with van der Waals surface area (Å²) in [7, 11) is 1.71. The van der Waals surface area contributed by atoms with Gasteiger partial charge in [-0.1, -0.05) is 33.8 Å². The zero-order valence-electron chi connectivity index (χ0n) is 43.8. The fourth-order valence-electron chi connectivity index (χ4n) is 11.6. The average molecular weight is 1050 g/mol. The standard InChI is InChI=1S/C55H74F2N8O8S/c1-32-33(2)46(32)51(66)60-48-50(72-29-45(56)57)52-59-43(30-74-52)35-10-13-44-39(25-35)41(27-55(4,5)31-73-54(68)42-9-7-18-65(61-42)53(48)67)49(64(44)21-24-71-38-14-22-70-23-15-38)40-26-37(28-58-47(40)34(3)69-6)63-17-8-16-62(19-20-63)36-11-12-36/h10,13,25-26,28,30,32-34,36,38,42,45-46,48,50,61H,7-9,11-12,14-24,27,29,31H2,1-6H3,(H,60,66)/t32-,33+,34-,42-,46?,48-,50-/m0/s1. The molecule has 6 bridgehead atoms. The van der Waals surface area contributed by atoms with E-state index in [-0.39, 0.29) is 54.0 Å². The average Bonchev–Trinajstić information content (AvgIpc) is 4.29. The predicted octanol–water partition coefficient (Wildman–Crippen LogP) is 7.74. The number of ether oxygens (including phenoxy) is 5. The Labute approximate surface area is 437 Å². The third-order valence-corrected chi connectivity index (χ3v) is 17.2. The molecule has 7 atom stereocenters. The Balaban J connectivity index is 1.13. The fraction of sp³-hybridized carbons (Fsp3) is 0.655. The third kappa shape index (κ3) is 11.5. The first-order chi connectivity index (χ1) is 35.7. The van der Waals surface area contributed by atoms with E-state index in [1.165, 1.54) is 29.2 Å². The van der Waals surface area contributed by atoms with E-state index in [0.29, 0.717) is 57.4 Å². The zero-order chi connectivity index (χ0) is 51.8. The number of esters is 1. The van der Waals surface area contributed by atoms with E-state index >= 15 is 0 Å². The number of aromatic nitrogens is 3. The number of carbonyl (C=O) groups is 3. The maximum Gasteiger partial charge on any atom is 0.324 e. The Hall–Kier alpha value is -4.63. The lowest BCUT2D eigenvalue weighted by molar-refractivity contribution is -0.157. The van der Waals surface area contributed by atoms with Crippen LogP contribution in [-0.4, -0.2) is 146 Å². The Morgan fingerprint density at radius 1 is 1.00 bits per heavy atom. The van der Waals surface area contributed by atoms with Crippen molar-refractivity contribution >= 4 is 45.7 Å². The Bertz CT molecular complexity index is 2650. The summed E-state index contributed by atoms with van der Waals surface area (Å²) in [5.41, 5.74) is 9.56. The molecule has 3 aromatic heterocycles. The molecule has 74 heavy (non-hydrogen) atoms. The Morgan fingerprint density at radius 2 is 1.80 bits per heavy atom. The van der Waals surface area contributed by atoms with Gasteiger partial charge in [0, 0.05) is 104 Å². The molecule has 0 spiro atoms. The number of amides is 2. The molecule has 5 fully saturated rings. The van der Waals surface area contributed by atoms with Crippen molar-refractivity contribution in [2.24, 2.45) is 23.2 Å². The molecule has 19 heteroatoms. The molecule has 402 valence electrons. The number of benzene rings is 1.